The second kappa shape index (κ2) is 4.46. The van der Waals surface area contributed by atoms with E-state index in [1.807, 2.05) is 12.4 Å². The highest BCUT2D eigenvalue weighted by molar-refractivity contribution is 6.74. The van der Waals surface area contributed by atoms with E-state index >= 15 is 0 Å². The van der Waals surface area contributed by atoms with Gasteiger partial charge >= 0.3 is 0 Å². The summed E-state index contributed by atoms with van der Waals surface area (Å²) in [4.78, 5) is 4.24. The molecule has 0 saturated heterocycles. The fourth-order valence-electron chi connectivity index (χ4n) is 2.34. The van der Waals surface area contributed by atoms with Crippen LogP contribution in [0.5, 0.6) is 0 Å². The topological polar surface area (TPSA) is 22.1 Å². The molecule has 2 rings (SSSR count). The summed E-state index contributed by atoms with van der Waals surface area (Å²) < 4.78 is 6.57. The van der Waals surface area contributed by atoms with E-state index in [-0.39, 0.29) is 11.1 Å². The monoisotopic (exact) mass is 263 g/mol. The van der Waals surface area contributed by atoms with E-state index in [1.54, 1.807) is 0 Å². The maximum Gasteiger partial charge on any atom is 0.192 e. The van der Waals surface area contributed by atoms with E-state index < -0.39 is 8.32 Å². The smallest absolute Gasteiger partial charge is 0.192 e. The van der Waals surface area contributed by atoms with Crippen LogP contribution in [0.15, 0.2) is 18.5 Å². The Morgan fingerprint density at radius 3 is 2.56 bits per heavy atom. The number of fused-ring (bicyclic) bond motifs is 1. The normalized spacial score (nSPS) is 24.1. The van der Waals surface area contributed by atoms with Crippen molar-refractivity contribution in [2.75, 3.05) is 0 Å². The molecule has 0 bridgehead atoms. The summed E-state index contributed by atoms with van der Waals surface area (Å²) in [6.45, 7) is 13.8. The number of nitrogens with zero attached hydrogens (tertiary/aromatic N) is 1. The maximum atomic E-state index is 6.57. The predicted molar refractivity (Wildman–Crippen MR) is 78.3 cm³/mol. The second-order valence-corrected chi connectivity index (χ2v) is 11.8. The minimum Gasteiger partial charge on any atom is -0.410 e. The van der Waals surface area contributed by atoms with Gasteiger partial charge in [0.05, 0.1) is 6.10 Å². The average Bonchev–Trinajstić information content (AvgIpc) is 2.55. The second-order valence-electron chi connectivity index (χ2n) is 7.01. The van der Waals surface area contributed by atoms with Crippen molar-refractivity contribution < 1.29 is 4.43 Å². The maximum absolute atomic E-state index is 6.57. The SMILES string of the molecule is C[C@H]1C[C@H](O[Si](C)(C)C(C)(C)C)c2ccncc21. The molecule has 100 valence electrons. The Morgan fingerprint density at radius 2 is 1.94 bits per heavy atom. The van der Waals surface area contributed by atoms with Crippen LogP contribution in [0.1, 0.15) is 57.3 Å². The predicted octanol–water partition coefficient (Wildman–Crippen LogP) is 4.65. The van der Waals surface area contributed by atoms with Gasteiger partial charge in [0, 0.05) is 12.4 Å². The van der Waals surface area contributed by atoms with Crippen LogP contribution < -0.4 is 0 Å². The molecule has 18 heavy (non-hydrogen) atoms. The molecule has 2 nitrogen and oxygen atoms in total. The molecule has 0 N–H and O–H groups in total. The number of pyridine rings is 1. The zero-order valence-electron chi connectivity index (χ0n) is 12.4. The Bertz CT molecular complexity index is 436. The van der Waals surface area contributed by atoms with Crippen molar-refractivity contribution in [3.8, 4) is 0 Å². The van der Waals surface area contributed by atoms with Crippen molar-refractivity contribution in [1.82, 2.24) is 4.98 Å². The summed E-state index contributed by atoms with van der Waals surface area (Å²) in [6, 6.07) is 2.14. The average molecular weight is 263 g/mol. The number of aromatic nitrogens is 1. The van der Waals surface area contributed by atoms with Gasteiger partial charge in [-0.1, -0.05) is 27.7 Å². The van der Waals surface area contributed by atoms with Crippen molar-refractivity contribution >= 4 is 8.32 Å². The van der Waals surface area contributed by atoms with Crippen LogP contribution in [0.2, 0.25) is 18.1 Å². The van der Waals surface area contributed by atoms with Gasteiger partial charge in [-0.15, -0.1) is 0 Å². The summed E-state index contributed by atoms with van der Waals surface area (Å²) in [7, 11) is -1.69. The van der Waals surface area contributed by atoms with Crippen LogP contribution in [0.3, 0.4) is 0 Å². The van der Waals surface area contributed by atoms with Crippen LogP contribution >= 0.6 is 0 Å². The number of hydrogen-bond acceptors (Lipinski definition) is 2. The molecule has 1 aliphatic rings. The van der Waals surface area contributed by atoms with Gasteiger partial charge in [0.1, 0.15) is 0 Å². The molecule has 0 amide bonds. The molecule has 2 atom stereocenters. The molecular weight excluding hydrogens is 238 g/mol. The lowest BCUT2D eigenvalue weighted by atomic mass is 10.1. The van der Waals surface area contributed by atoms with Crippen molar-refractivity contribution in [2.24, 2.45) is 0 Å². The van der Waals surface area contributed by atoms with Crippen molar-refractivity contribution in [2.45, 2.75) is 64.3 Å². The lowest BCUT2D eigenvalue weighted by Gasteiger charge is -2.38. The van der Waals surface area contributed by atoms with Gasteiger partial charge in [-0.05, 0) is 47.7 Å². The summed E-state index contributed by atoms with van der Waals surface area (Å²) in [5.74, 6) is 0.573. The fraction of sp³-hybridized carbons (Fsp3) is 0.667. The minimum absolute atomic E-state index is 0.270. The highest BCUT2D eigenvalue weighted by Gasteiger charge is 2.41. The van der Waals surface area contributed by atoms with Gasteiger partial charge in [-0.2, -0.15) is 0 Å². The number of hydrogen-bond donors (Lipinski definition) is 0. The molecule has 0 saturated carbocycles. The molecule has 0 aliphatic heterocycles. The molecule has 0 unspecified atom stereocenters. The first-order valence-corrected chi connectivity index (χ1v) is 9.75. The first-order valence-electron chi connectivity index (χ1n) is 6.84. The van der Waals surface area contributed by atoms with E-state index in [2.05, 4.69) is 51.8 Å². The lowest BCUT2D eigenvalue weighted by molar-refractivity contribution is 0.180. The molecule has 3 heteroatoms. The van der Waals surface area contributed by atoms with E-state index in [4.69, 9.17) is 4.43 Å². The molecule has 0 radical (unpaired) electrons. The first kappa shape index (κ1) is 13.8. The first-order chi connectivity index (χ1) is 8.22. The third kappa shape index (κ3) is 2.38. The molecule has 1 aromatic heterocycles. The molecule has 0 aromatic carbocycles. The van der Waals surface area contributed by atoms with Gasteiger partial charge in [-0.3, -0.25) is 4.98 Å². The van der Waals surface area contributed by atoms with Gasteiger partial charge < -0.3 is 4.43 Å². The van der Waals surface area contributed by atoms with Gasteiger partial charge in [0.25, 0.3) is 0 Å². The Hall–Kier alpha value is -0.673. The molecule has 1 aliphatic carbocycles. The van der Waals surface area contributed by atoms with E-state index in [9.17, 15) is 0 Å². The molecule has 1 heterocycles. The zero-order chi connectivity index (χ0) is 13.6. The van der Waals surface area contributed by atoms with Crippen molar-refractivity contribution in [1.29, 1.82) is 0 Å². The molecule has 1 aromatic rings. The summed E-state index contributed by atoms with van der Waals surface area (Å²) in [5, 5.41) is 0.270. The highest BCUT2D eigenvalue weighted by atomic mass is 28.4. The standard InChI is InChI=1S/C15H25NOSi/c1-11-9-14(12-7-8-16-10-13(11)12)17-18(5,6)15(2,3)4/h7-8,10-11,14H,9H2,1-6H3/t11-,14-/m0/s1. The molecular formula is C15H25NOSi. The van der Waals surface area contributed by atoms with Crippen LogP contribution in [-0.4, -0.2) is 13.3 Å². The summed E-state index contributed by atoms with van der Waals surface area (Å²) >= 11 is 0. The van der Waals surface area contributed by atoms with Crippen LogP contribution in [0, 0.1) is 0 Å². The van der Waals surface area contributed by atoms with Crippen molar-refractivity contribution in [3.05, 3.63) is 29.6 Å². The Morgan fingerprint density at radius 1 is 1.28 bits per heavy atom. The number of rotatable bonds is 2. The lowest BCUT2D eigenvalue weighted by Crippen LogP contribution is -2.41. The van der Waals surface area contributed by atoms with E-state index in [0.717, 1.165) is 6.42 Å². The Kier molecular flexibility index (Phi) is 3.41. The van der Waals surface area contributed by atoms with Crippen molar-refractivity contribution in [3.63, 3.8) is 0 Å². The fourth-order valence-corrected chi connectivity index (χ4v) is 3.63. The zero-order valence-corrected chi connectivity index (χ0v) is 13.4. The molecule has 0 fully saturated rings. The highest BCUT2D eigenvalue weighted by Crippen LogP contribution is 2.46. The third-order valence-corrected chi connectivity index (χ3v) is 9.06. The molecule has 0 spiro atoms. The Labute approximate surface area is 112 Å². The van der Waals surface area contributed by atoms with E-state index in [0.29, 0.717) is 5.92 Å². The summed E-state index contributed by atoms with van der Waals surface area (Å²) in [6.07, 6.45) is 5.28. The van der Waals surface area contributed by atoms with Gasteiger partial charge in [0.15, 0.2) is 8.32 Å². The minimum atomic E-state index is -1.69. The third-order valence-electron chi connectivity index (χ3n) is 4.58. The van der Waals surface area contributed by atoms with Crippen LogP contribution in [0.25, 0.3) is 0 Å². The van der Waals surface area contributed by atoms with E-state index in [1.165, 1.54) is 11.1 Å². The van der Waals surface area contributed by atoms with Gasteiger partial charge in [-0.25, -0.2) is 0 Å². The van der Waals surface area contributed by atoms with Crippen LogP contribution in [-0.2, 0) is 4.43 Å². The van der Waals surface area contributed by atoms with Gasteiger partial charge in [0.2, 0.25) is 0 Å². The Balaban J connectivity index is 2.23. The quantitative estimate of drug-likeness (QED) is 0.724. The largest absolute Gasteiger partial charge is 0.410 e. The van der Waals surface area contributed by atoms with Crippen LogP contribution in [0.4, 0.5) is 0 Å². The summed E-state index contributed by atoms with van der Waals surface area (Å²) in [5.41, 5.74) is 2.74.